The fourth-order valence-corrected chi connectivity index (χ4v) is 4.13. The third-order valence-electron chi connectivity index (χ3n) is 6.13. The van der Waals surface area contributed by atoms with Crippen molar-refractivity contribution < 1.29 is 18.7 Å². The molecule has 1 aliphatic heterocycles. The van der Waals surface area contributed by atoms with Crippen molar-refractivity contribution in [2.45, 2.75) is 32.9 Å². The summed E-state index contributed by atoms with van der Waals surface area (Å²) in [5.41, 5.74) is 2.13. The van der Waals surface area contributed by atoms with Crippen LogP contribution in [-0.2, 0) is 16.1 Å². The summed E-state index contributed by atoms with van der Waals surface area (Å²) in [6, 6.07) is 11.0. The molecule has 1 N–H and O–H groups in total. The Hall–Kier alpha value is -4.28. The Bertz CT molecular complexity index is 1270. The summed E-state index contributed by atoms with van der Waals surface area (Å²) in [6.45, 7) is 8.49. The van der Waals surface area contributed by atoms with Crippen molar-refractivity contribution in [3.8, 4) is 11.1 Å². The molecule has 4 rings (SSSR count). The summed E-state index contributed by atoms with van der Waals surface area (Å²) in [4.78, 5) is 43.4. The van der Waals surface area contributed by atoms with Gasteiger partial charge >= 0.3 is 6.09 Å². The molecule has 2 aromatic heterocycles. The van der Waals surface area contributed by atoms with E-state index in [4.69, 9.17) is 4.74 Å². The second kappa shape index (κ2) is 12.1. The van der Waals surface area contributed by atoms with E-state index in [1.165, 1.54) is 12.3 Å². The Labute approximate surface area is 227 Å². The number of amides is 2. The van der Waals surface area contributed by atoms with Crippen LogP contribution in [0, 0.1) is 5.82 Å². The highest BCUT2D eigenvalue weighted by Gasteiger charge is 2.20. The molecule has 0 bridgehead atoms. The molecular weight excluding hydrogens is 501 g/mol. The van der Waals surface area contributed by atoms with Gasteiger partial charge in [-0.1, -0.05) is 18.2 Å². The highest BCUT2D eigenvalue weighted by Crippen LogP contribution is 2.22. The summed E-state index contributed by atoms with van der Waals surface area (Å²) < 4.78 is 18.3. The van der Waals surface area contributed by atoms with E-state index in [0.29, 0.717) is 12.5 Å². The maximum atomic E-state index is 13.2. The van der Waals surface area contributed by atoms with E-state index in [9.17, 15) is 14.0 Å². The first-order valence-electron chi connectivity index (χ1n) is 12.8. The van der Waals surface area contributed by atoms with Crippen LogP contribution in [0.2, 0.25) is 0 Å². The van der Waals surface area contributed by atoms with Gasteiger partial charge in [0.05, 0.1) is 6.20 Å². The lowest BCUT2D eigenvalue weighted by molar-refractivity contribution is -0.129. The standard InChI is InChI=1S/C28H34FN7O3/c1-28(2,3)39-27(38)33-18-25(37)34(4)19-20-6-5-7-21(14-20)22-15-31-26(32-16-22)36-12-10-35(11-13-36)24-9-8-23(29)17-30-24/h5-9,14-17H,10-13,18-19H2,1-4H3,(H,33,38). The maximum absolute atomic E-state index is 13.2. The van der Waals surface area contributed by atoms with Gasteiger partial charge in [0.25, 0.3) is 0 Å². The van der Waals surface area contributed by atoms with Crippen LogP contribution >= 0.6 is 0 Å². The van der Waals surface area contributed by atoms with Crippen LogP contribution in [0.25, 0.3) is 11.1 Å². The molecule has 10 nitrogen and oxygen atoms in total. The molecule has 0 aliphatic carbocycles. The number of nitrogens with zero attached hydrogens (tertiary/aromatic N) is 6. The van der Waals surface area contributed by atoms with Crippen LogP contribution in [0.1, 0.15) is 26.3 Å². The molecule has 1 fully saturated rings. The zero-order valence-electron chi connectivity index (χ0n) is 22.7. The van der Waals surface area contributed by atoms with Gasteiger partial charge in [0.15, 0.2) is 0 Å². The second-order valence-electron chi connectivity index (χ2n) is 10.4. The van der Waals surface area contributed by atoms with E-state index in [1.807, 2.05) is 24.3 Å². The van der Waals surface area contributed by atoms with Crippen LogP contribution in [0.5, 0.6) is 0 Å². The molecule has 3 aromatic rings. The van der Waals surface area contributed by atoms with Crippen molar-refractivity contribution in [1.29, 1.82) is 0 Å². The van der Waals surface area contributed by atoms with Crippen LogP contribution in [-0.4, -0.2) is 77.2 Å². The summed E-state index contributed by atoms with van der Waals surface area (Å²) in [5, 5.41) is 2.50. The van der Waals surface area contributed by atoms with Crippen LogP contribution < -0.4 is 15.1 Å². The number of hydrogen-bond donors (Lipinski definition) is 1. The third-order valence-corrected chi connectivity index (χ3v) is 6.13. The molecule has 1 aromatic carbocycles. The van der Waals surface area contributed by atoms with Gasteiger partial charge in [-0.15, -0.1) is 0 Å². The van der Waals surface area contributed by atoms with Crippen molar-refractivity contribution in [2.24, 2.45) is 0 Å². The lowest BCUT2D eigenvalue weighted by Crippen LogP contribution is -2.47. The number of carbonyl (C=O) groups is 2. The Morgan fingerprint density at radius 3 is 2.31 bits per heavy atom. The molecule has 206 valence electrons. The molecule has 1 saturated heterocycles. The number of halogens is 1. The molecule has 0 saturated carbocycles. The molecule has 0 unspecified atom stereocenters. The average molecular weight is 536 g/mol. The molecular formula is C28H34FN7O3. The topological polar surface area (TPSA) is 104 Å². The quantitative estimate of drug-likeness (QED) is 0.491. The van der Waals surface area contributed by atoms with E-state index in [1.54, 1.807) is 51.2 Å². The van der Waals surface area contributed by atoms with Crippen molar-refractivity contribution >= 4 is 23.8 Å². The molecule has 11 heteroatoms. The molecule has 39 heavy (non-hydrogen) atoms. The predicted octanol–water partition coefficient (Wildman–Crippen LogP) is 3.49. The number of pyridine rings is 1. The molecule has 0 atom stereocenters. The number of alkyl carbamates (subject to hydrolysis) is 1. The van der Waals surface area contributed by atoms with E-state index in [-0.39, 0.29) is 18.3 Å². The Morgan fingerprint density at radius 1 is 0.974 bits per heavy atom. The lowest BCUT2D eigenvalue weighted by Gasteiger charge is -2.35. The Balaban J connectivity index is 1.30. The molecule has 0 radical (unpaired) electrons. The molecule has 3 heterocycles. The monoisotopic (exact) mass is 535 g/mol. The van der Waals surface area contributed by atoms with Crippen molar-refractivity contribution in [3.05, 3.63) is 66.4 Å². The van der Waals surface area contributed by atoms with Crippen LogP contribution in [0.3, 0.4) is 0 Å². The fraction of sp³-hybridized carbons (Fsp3) is 0.393. The minimum Gasteiger partial charge on any atom is -0.444 e. The number of likely N-dealkylation sites (N-methyl/N-ethyl adjacent to an activating group) is 1. The summed E-state index contributed by atoms with van der Waals surface area (Å²) in [6.07, 6.45) is 4.21. The van der Waals surface area contributed by atoms with Gasteiger partial charge in [-0.3, -0.25) is 4.79 Å². The van der Waals surface area contributed by atoms with E-state index in [0.717, 1.165) is 48.7 Å². The minimum atomic E-state index is -0.626. The van der Waals surface area contributed by atoms with E-state index >= 15 is 0 Å². The van der Waals surface area contributed by atoms with Gasteiger partial charge in [-0.05, 0) is 50.1 Å². The first kappa shape index (κ1) is 27.7. The van der Waals surface area contributed by atoms with Gasteiger partial charge in [-0.25, -0.2) is 24.1 Å². The van der Waals surface area contributed by atoms with E-state index < -0.39 is 11.7 Å². The zero-order valence-corrected chi connectivity index (χ0v) is 22.7. The number of aromatic nitrogens is 3. The number of rotatable bonds is 7. The number of ether oxygens (including phenoxy) is 1. The summed E-state index contributed by atoms with van der Waals surface area (Å²) >= 11 is 0. The average Bonchev–Trinajstić information content (AvgIpc) is 2.91. The van der Waals surface area contributed by atoms with Crippen LogP contribution in [0.4, 0.5) is 21.0 Å². The zero-order chi connectivity index (χ0) is 28.0. The molecule has 2 amide bonds. The fourth-order valence-electron chi connectivity index (χ4n) is 4.13. The number of carbonyl (C=O) groups excluding carboxylic acids is 2. The predicted molar refractivity (Wildman–Crippen MR) is 147 cm³/mol. The highest BCUT2D eigenvalue weighted by atomic mass is 19.1. The normalized spacial score (nSPS) is 13.7. The summed E-state index contributed by atoms with van der Waals surface area (Å²) in [7, 11) is 1.69. The third kappa shape index (κ3) is 7.86. The highest BCUT2D eigenvalue weighted by molar-refractivity contribution is 5.82. The smallest absolute Gasteiger partial charge is 0.408 e. The lowest BCUT2D eigenvalue weighted by atomic mass is 10.1. The van der Waals surface area contributed by atoms with Crippen LogP contribution in [0.15, 0.2) is 55.0 Å². The molecule has 0 spiro atoms. The van der Waals surface area contributed by atoms with E-state index in [2.05, 4.69) is 30.1 Å². The number of benzene rings is 1. The number of hydrogen-bond acceptors (Lipinski definition) is 8. The van der Waals surface area contributed by atoms with Gasteiger partial charge < -0.3 is 24.8 Å². The number of piperazine rings is 1. The number of anilines is 2. The first-order valence-corrected chi connectivity index (χ1v) is 12.8. The maximum Gasteiger partial charge on any atom is 0.408 e. The Morgan fingerprint density at radius 2 is 1.67 bits per heavy atom. The minimum absolute atomic E-state index is 0.144. The van der Waals surface area contributed by atoms with Crippen molar-refractivity contribution in [1.82, 2.24) is 25.2 Å². The van der Waals surface area contributed by atoms with Gasteiger partial charge in [-0.2, -0.15) is 0 Å². The van der Waals surface area contributed by atoms with Crippen molar-refractivity contribution in [2.75, 3.05) is 49.6 Å². The second-order valence-corrected chi connectivity index (χ2v) is 10.4. The number of nitrogens with one attached hydrogen (secondary N) is 1. The summed E-state index contributed by atoms with van der Waals surface area (Å²) in [5.74, 6) is 0.849. The van der Waals surface area contributed by atoms with Gasteiger partial charge in [0.1, 0.15) is 23.8 Å². The molecule has 1 aliphatic rings. The van der Waals surface area contributed by atoms with Gasteiger partial charge in [0, 0.05) is 57.7 Å². The first-order chi connectivity index (χ1) is 18.6. The van der Waals surface area contributed by atoms with Crippen molar-refractivity contribution in [3.63, 3.8) is 0 Å². The SMILES string of the molecule is CN(Cc1cccc(-c2cnc(N3CCN(c4ccc(F)cn4)CC3)nc2)c1)C(=O)CNC(=O)OC(C)(C)C. The van der Waals surface area contributed by atoms with Gasteiger partial charge in [0.2, 0.25) is 11.9 Å². The Kier molecular flexibility index (Phi) is 8.58. The largest absolute Gasteiger partial charge is 0.444 e.